The van der Waals surface area contributed by atoms with Crippen LogP contribution in [0, 0.1) is 0 Å². The molecule has 5 nitrogen and oxygen atoms in total. The summed E-state index contributed by atoms with van der Waals surface area (Å²) >= 11 is 0. The number of nitrogens with zero attached hydrogens (tertiary/aromatic N) is 1. The Balaban J connectivity index is 1.56. The zero-order valence-electron chi connectivity index (χ0n) is 11.7. The van der Waals surface area contributed by atoms with Crippen LogP contribution in [0.3, 0.4) is 0 Å². The molecule has 0 atom stereocenters. The summed E-state index contributed by atoms with van der Waals surface area (Å²) in [6, 6.07) is 16.3. The number of benzene rings is 1. The van der Waals surface area contributed by atoms with Gasteiger partial charge in [-0.1, -0.05) is 24.3 Å². The van der Waals surface area contributed by atoms with Crippen molar-refractivity contribution in [3.05, 3.63) is 78.4 Å². The molecule has 0 saturated carbocycles. The molecule has 0 saturated heterocycles. The van der Waals surface area contributed by atoms with E-state index < -0.39 is 0 Å². The summed E-state index contributed by atoms with van der Waals surface area (Å²) in [6.45, 7) is 0.373. The van der Waals surface area contributed by atoms with Gasteiger partial charge in [0.15, 0.2) is 5.76 Å². The predicted octanol–water partition coefficient (Wildman–Crippen LogP) is 3.40. The van der Waals surface area contributed by atoms with Crippen molar-refractivity contribution < 1.29 is 13.9 Å². The van der Waals surface area contributed by atoms with Crippen LogP contribution in [0.2, 0.25) is 0 Å². The number of carbonyl (C=O) groups is 1. The number of pyridine rings is 1. The Kier molecular flexibility index (Phi) is 4.15. The lowest BCUT2D eigenvalue weighted by Gasteiger charge is -2.06. The monoisotopic (exact) mass is 294 g/mol. The van der Waals surface area contributed by atoms with Gasteiger partial charge in [0.1, 0.15) is 5.75 Å². The number of amides is 1. The molecule has 2 aromatic heterocycles. The summed E-state index contributed by atoms with van der Waals surface area (Å²) in [5.74, 6) is 1.27. The number of aromatic nitrogens is 1. The minimum Gasteiger partial charge on any atom is -0.459 e. The second-order valence-electron chi connectivity index (χ2n) is 4.58. The number of nitrogens with one attached hydrogen (secondary N) is 1. The summed E-state index contributed by atoms with van der Waals surface area (Å²) in [5, 5.41) is 2.76. The number of hydrogen-bond donors (Lipinski definition) is 1. The van der Waals surface area contributed by atoms with E-state index in [1.807, 2.05) is 36.4 Å². The van der Waals surface area contributed by atoms with E-state index in [1.54, 1.807) is 24.4 Å². The fourth-order valence-electron chi connectivity index (χ4n) is 1.86. The maximum atomic E-state index is 11.7. The first kappa shape index (κ1) is 13.9. The van der Waals surface area contributed by atoms with Crippen molar-refractivity contribution in [3.8, 4) is 11.6 Å². The summed E-state index contributed by atoms with van der Waals surface area (Å²) in [5.41, 5.74) is 0.875. The lowest BCUT2D eigenvalue weighted by Crippen LogP contribution is -2.22. The molecule has 3 aromatic rings. The largest absolute Gasteiger partial charge is 0.459 e. The van der Waals surface area contributed by atoms with Gasteiger partial charge in [-0.2, -0.15) is 0 Å². The Morgan fingerprint density at radius 1 is 1.09 bits per heavy atom. The quantitative estimate of drug-likeness (QED) is 0.783. The van der Waals surface area contributed by atoms with Crippen LogP contribution < -0.4 is 10.1 Å². The predicted molar refractivity (Wildman–Crippen MR) is 80.6 cm³/mol. The third-order valence-corrected chi connectivity index (χ3v) is 2.96. The highest BCUT2D eigenvalue weighted by Gasteiger charge is 2.07. The molecular formula is C17H14N2O3. The summed E-state index contributed by atoms with van der Waals surface area (Å²) in [7, 11) is 0. The average molecular weight is 294 g/mol. The molecule has 0 fully saturated rings. The molecule has 0 spiro atoms. The topological polar surface area (TPSA) is 64.4 Å². The Hall–Kier alpha value is -3.08. The number of furan rings is 1. The highest BCUT2D eigenvalue weighted by molar-refractivity contribution is 5.91. The number of rotatable bonds is 5. The van der Waals surface area contributed by atoms with E-state index in [0.717, 1.165) is 11.3 Å². The number of carbonyl (C=O) groups excluding carboxylic acids is 1. The van der Waals surface area contributed by atoms with E-state index in [9.17, 15) is 4.79 Å². The molecule has 1 amide bonds. The third kappa shape index (κ3) is 3.52. The van der Waals surface area contributed by atoms with Crippen molar-refractivity contribution in [1.82, 2.24) is 10.3 Å². The minimum absolute atomic E-state index is 0.255. The zero-order valence-corrected chi connectivity index (χ0v) is 11.7. The van der Waals surface area contributed by atoms with E-state index in [2.05, 4.69) is 10.3 Å². The summed E-state index contributed by atoms with van der Waals surface area (Å²) in [4.78, 5) is 16.0. The molecule has 2 heterocycles. The maximum absolute atomic E-state index is 11.7. The van der Waals surface area contributed by atoms with Crippen molar-refractivity contribution >= 4 is 5.91 Å². The van der Waals surface area contributed by atoms with Crippen molar-refractivity contribution in [2.24, 2.45) is 0 Å². The maximum Gasteiger partial charge on any atom is 0.287 e. The van der Waals surface area contributed by atoms with Gasteiger partial charge in [0, 0.05) is 18.8 Å². The number of para-hydroxylation sites is 1. The molecule has 1 N–H and O–H groups in total. The highest BCUT2D eigenvalue weighted by atomic mass is 16.5. The van der Waals surface area contributed by atoms with Crippen LogP contribution >= 0.6 is 0 Å². The molecule has 110 valence electrons. The Morgan fingerprint density at radius 2 is 1.95 bits per heavy atom. The second-order valence-corrected chi connectivity index (χ2v) is 4.58. The van der Waals surface area contributed by atoms with E-state index in [0.29, 0.717) is 12.4 Å². The smallest absolute Gasteiger partial charge is 0.287 e. The molecule has 22 heavy (non-hydrogen) atoms. The first-order valence-corrected chi connectivity index (χ1v) is 6.81. The van der Waals surface area contributed by atoms with Gasteiger partial charge in [0.2, 0.25) is 5.88 Å². The van der Waals surface area contributed by atoms with E-state index >= 15 is 0 Å². The molecular weight excluding hydrogens is 280 g/mol. The minimum atomic E-state index is -0.255. The fraction of sp³-hybridized carbons (Fsp3) is 0.0588. The highest BCUT2D eigenvalue weighted by Crippen LogP contribution is 2.18. The van der Waals surface area contributed by atoms with Crippen LogP contribution in [0.15, 0.2) is 71.5 Å². The fourth-order valence-corrected chi connectivity index (χ4v) is 1.86. The van der Waals surface area contributed by atoms with Crippen LogP contribution in [0.5, 0.6) is 11.6 Å². The summed E-state index contributed by atoms with van der Waals surface area (Å²) in [6.07, 6.45) is 3.13. The van der Waals surface area contributed by atoms with Crippen LogP contribution in [-0.2, 0) is 6.54 Å². The molecule has 0 bridgehead atoms. The zero-order chi connectivity index (χ0) is 15.2. The molecule has 0 aliphatic rings. The summed E-state index contributed by atoms with van der Waals surface area (Å²) < 4.78 is 10.6. The van der Waals surface area contributed by atoms with Crippen LogP contribution in [-0.4, -0.2) is 10.9 Å². The van der Waals surface area contributed by atoms with Crippen molar-refractivity contribution in [2.75, 3.05) is 0 Å². The van der Waals surface area contributed by atoms with Gasteiger partial charge in [0.05, 0.1) is 6.26 Å². The van der Waals surface area contributed by atoms with Crippen LogP contribution in [0.1, 0.15) is 16.1 Å². The van der Waals surface area contributed by atoms with Crippen LogP contribution in [0.25, 0.3) is 0 Å². The van der Waals surface area contributed by atoms with E-state index in [4.69, 9.17) is 9.15 Å². The number of hydrogen-bond acceptors (Lipinski definition) is 4. The Labute approximate surface area is 127 Å². The normalized spacial score (nSPS) is 10.2. The van der Waals surface area contributed by atoms with Crippen molar-refractivity contribution in [1.29, 1.82) is 0 Å². The van der Waals surface area contributed by atoms with Gasteiger partial charge in [0.25, 0.3) is 5.91 Å². The molecule has 0 unspecified atom stereocenters. The van der Waals surface area contributed by atoms with Gasteiger partial charge in [-0.15, -0.1) is 0 Å². The van der Waals surface area contributed by atoms with Crippen molar-refractivity contribution in [2.45, 2.75) is 6.54 Å². The van der Waals surface area contributed by atoms with E-state index in [-0.39, 0.29) is 11.7 Å². The molecule has 3 rings (SSSR count). The molecule has 0 radical (unpaired) electrons. The Bertz CT molecular complexity index is 722. The van der Waals surface area contributed by atoms with Gasteiger partial charge < -0.3 is 14.5 Å². The Morgan fingerprint density at radius 3 is 2.64 bits per heavy atom. The van der Waals surface area contributed by atoms with Crippen molar-refractivity contribution in [3.63, 3.8) is 0 Å². The first-order valence-electron chi connectivity index (χ1n) is 6.81. The lowest BCUT2D eigenvalue weighted by atomic mass is 10.3. The SMILES string of the molecule is O=C(NCc1ccc(Oc2ccccc2)nc1)c1ccco1. The van der Waals surface area contributed by atoms with Gasteiger partial charge in [-0.25, -0.2) is 4.98 Å². The number of ether oxygens (including phenoxy) is 1. The second kappa shape index (κ2) is 6.58. The van der Waals surface area contributed by atoms with Crippen LogP contribution in [0.4, 0.5) is 0 Å². The first-order chi connectivity index (χ1) is 10.8. The van der Waals surface area contributed by atoms with E-state index in [1.165, 1.54) is 6.26 Å². The van der Waals surface area contributed by atoms with Gasteiger partial charge >= 0.3 is 0 Å². The molecule has 0 aliphatic heterocycles. The third-order valence-electron chi connectivity index (χ3n) is 2.96. The molecule has 5 heteroatoms. The average Bonchev–Trinajstić information content (AvgIpc) is 3.09. The molecule has 0 aliphatic carbocycles. The van der Waals surface area contributed by atoms with Gasteiger partial charge in [-0.3, -0.25) is 4.79 Å². The lowest BCUT2D eigenvalue weighted by molar-refractivity contribution is 0.0923. The van der Waals surface area contributed by atoms with Gasteiger partial charge in [-0.05, 0) is 29.8 Å². The standard InChI is InChI=1S/C17H14N2O3/c20-17(15-7-4-10-21-15)19-12-13-8-9-16(18-11-13)22-14-5-2-1-3-6-14/h1-11H,12H2,(H,19,20). The molecule has 1 aromatic carbocycles.